The normalized spacial score (nSPS) is 21.2. The van der Waals surface area contributed by atoms with E-state index in [1.165, 1.54) is 12.1 Å². The fraction of sp³-hybridized carbons (Fsp3) is 0.538. The Hall–Kier alpha value is -3.36. The van der Waals surface area contributed by atoms with Crippen LogP contribution in [0.3, 0.4) is 0 Å². The summed E-state index contributed by atoms with van der Waals surface area (Å²) in [5.41, 5.74) is 1.79. The van der Waals surface area contributed by atoms with Gasteiger partial charge < -0.3 is 19.9 Å². The Bertz CT molecular complexity index is 1100. The van der Waals surface area contributed by atoms with Gasteiger partial charge in [0.25, 0.3) is 0 Å². The maximum Gasteiger partial charge on any atom is 0.337 e. The minimum absolute atomic E-state index is 0.0604. The van der Waals surface area contributed by atoms with Gasteiger partial charge in [0, 0.05) is 35.4 Å². The molecule has 1 fully saturated rings. The van der Waals surface area contributed by atoms with Crippen molar-refractivity contribution in [1.29, 1.82) is 0 Å². The summed E-state index contributed by atoms with van der Waals surface area (Å²) in [5, 5.41) is 25.4. The van der Waals surface area contributed by atoms with Crippen LogP contribution in [0.4, 0.5) is 5.69 Å². The SMILES string of the molecule is CCOc1cc([C@@H]2C(C(=O)OC3CCCCCC3)=C(C)NC3=C2C(=O)CCC3)cc([N+](=O)[O-])c1O. The number of carbonyl (C=O) groups excluding carboxylic acids is 2. The molecule has 0 aromatic heterocycles. The van der Waals surface area contributed by atoms with Gasteiger partial charge in [-0.15, -0.1) is 0 Å². The Morgan fingerprint density at radius 1 is 1.17 bits per heavy atom. The third kappa shape index (κ3) is 5.04. The van der Waals surface area contributed by atoms with Crippen LogP contribution in [0.25, 0.3) is 0 Å². The molecule has 0 amide bonds. The van der Waals surface area contributed by atoms with Crippen LogP contribution in [0, 0.1) is 10.1 Å². The van der Waals surface area contributed by atoms with E-state index >= 15 is 0 Å². The van der Waals surface area contributed by atoms with Crippen LogP contribution in [0.15, 0.2) is 34.7 Å². The highest BCUT2D eigenvalue weighted by molar-refractivity contribution is 6.04. The Labute approximate surface area is 204 Å². The van der Waals surface area contributed by atoms with Crippen molar-refractivity contribution in [1.82, 2.24) is 5.32 Å². The molecule has 3 aliphatic rings. The molecular formula is C26H32N2O7. The van der Waals surface area contributed by atoms with Gasteiger partial charge >= 0.3 is 11.7 Å². The van der Waals surface area contributed by atoms with Crippen molar-refractivity contribution in [2.24, 2.45) is 0 Å². The molecule has 4 rings (SSSR count). The number of esters is 1. The third-order valence-electron chi connectivity index (χ3n) is 6.98. The minimum Gasteiger partial charge on any atom is -0.500 e. The van der Waals surface area contributed by atoms with Crippen molar-refractivity contribution in [2.45, 2.75) is 83.7 Å². The van der Waals surface area contributed by atoms with Crippen LogP contribution in [0.2, 0.25) is 0 Å². The molecule has 2 N–H and O–H groups in total. The smallest absolute Gasteiger partial charge is 0.337 e. The molecule has 35 heavy (non-hydrogen) atoms. The number of phenolic OH excluding ortho intramolecular Hbond substituents is 1. The zero-order chi connectivity index (χ0) is 25.1. The predicted octanol–water partition coefficient (Wildman–Crippen LogP) is 4.93. The van der Waals surface area contributed by atoms with Gasteiger partial charge in [-0.3, -0.25) is 14.9 Å². The molecule has 1 saturated carbocycles. The summed E-state index contributed by atoms with van der Waals surface area (Å²) in [6.07, 6.45) is 7.26. The third-order valence-corrected chi connectivity index (χ3v) is 6.98. The van der Waals surface area contributed by atoms with Crippen LogP contribution in [-0.2, 0) is 14.3 Å². The number of allylic oxidation sites excluding steroid dienone is 3. The summed E-state index contributed by atoms with van der Waals surface area (Å²) < 4.78 is 11.4. The lowest BCUT2D eigenvalue weighted by Crippen LogP contribution is -2.35. The Morgan fingerprint density at radius 3 is 2.54 bits per heavy atom. The van der Waals surface area contributed by atoms with E-state index in [0.29, 0.717) is 36.1 Å². The summed E-state index contributed by atoms with van der Waals surface area (Å²) in [5.74, 6) is -2.12. The van der Waals surface area contributed by atoms with Crippen LogP contribution < -0.4 is 10.1 Å². The monoisotopic (exact) mass is 484 g/mol. The number of nitrogens with one attached hydrogen (secondary N) is 1. The quantitative estimate of drug-likeness (QED) is 0.252. The first kappa shape index (κ1) is 24.8. The molecule has 188 valence electrons. The van der Waals surface area contributed by atoms with E-state index in [1.807, 2.05) is 0 Å². The number of dihydropyridines is 1. The predicted molar refractivity (Wildman–Crippen MR) is 128 cm³/mol. The van der Waals surface area contributed by atoms with Crippen molar-refractivity contribution in [3.05, 3.63) is 50.4 Å². The maximum absolute atomic E-state index is 13.6. The number of Topliss-reactive ketones (excluding diaryl/α,β-unsaturated/α-hetero) is 1. The second-order valence-corrected chi connectivity index (χ2v) is 9.36. The van der Waals surface area contributed by atoms with Gasteiger partial charge in [-0.05, 0) is 64.0 Å². The second kappa shape index (κ2) is 10.5. The Kier molecular flexibility index (Phi) is 7.42. The van der Waals surface area contributed by atoms with Gasteiger partial charge in [0.05, 0.1) is 17.1 Å². The summed E-state index contributed by atoms with van der Waals surface area (Å²) in [6, 6.07) is 2.72. The molecule has 9 heteroatoms. The molecule has 1 heterocycles. The average molecular weight is 485 g/mol. The number of aromatic hydroxyl groups is 1. The van der Waals surface area contributed by atoms with E-state index in [9.17, 15) is 24.8 Å². The standard InChI is InChI=1S/C26H32N2O7/c1-3-34-21-14-16(13-19(25(21)30)28(32)33)23-22(26(31)35-17-9-6-4-5-7-10-17)15(2)27-18-11-8-12-20(29)24(18)23/h13-14,17,23,27,30H,3-12H2,1-2H3/t23-/m1/s1. The van der Waals surface area contributed by atoms with Gasteiger partial charge in [-0.25, -0.2) is 4.79 Å². The highest BCUT2D eigenvalue weighted by Gasteiger charge is 2.41. The molecule has 1 aromatic carbocycles. The number of nitrogens with zero attached hydrogens (tertiary/aromatic N) is 1. The number of phenols is 1. The van der Waals surface area contributed by atoms with E-state index in [4.69, 9.17) is 9.47 Å². The molecule has 1 atom stereocenters. The fourth-order valence-electron chi connectivity index (χ4n) is 5.35. The lowest BCUT2D eigenvalue weighted by Gasteiger charge is -2.34. The zero-order valence-electron chi connectivity index (χ0n) is 20.2. The van der Waals surface area contributed by atoms with E-state index in [-0.39, 0.29) is 29.8 Å². The molecule has 0 unspecified atom stereocenters. The first-order valence-electron chi connectivity index (χ1n) is 12.4. The lowest BCUT2D eigenvalue weighted by molar-refractivity contribution is -0.386. The van der Waals surface area contributed by atoms with Gasteiger partial charge in [0.1, 0.15) is 6.10 Å². The van der Waals surface area contributed by atoms with Crippen molar-refractivity contribution in [3.8, 4) is 11.5 Å². The summed E-state index contributed by atoms with van der Waals surface area (Å²) in [7, 11) is 0. The Morgan fingerprint density at radius 2 is 1.89 bits per heavy atom. The molecule has 2 aliphatic carbocycles. The number of carbonyl (C=O) groups is 2. The van der Waals surface area contributed by atoms with Crippen molar-refractivity contribution >= 4 is 17.4 Å². The zero-order valence-corrected chi connectivity index (χ0v) is 20.2. The van der Waals surface area contributed by atoms with Crippen molar-refractivity contribution in [3.63, 3.8) is 0 Å². The number of hydrogen-bond acceptors (Lipinski definition) is 8. The van der Waals surface area contributed by atoms with Crippen LogP contribution in [-0.4, -0.2) is 34.5 Å². The van der Waals surface area contributed by atoms with Crippen molar-refractivity contribution in [2.75, 3.05) is 6.61 Å². The summed E-state index contributed by atoms with van der Waals surface area (Å²) >= 11 is 0. The lowest BCUT2D eigenvalue weighted by atomic mass is 9.75. The highest BCUT2D eigenvalue weighted by Crippen LogP contribution is 2.47. The Balaban J connectivity index is 1.83. The topological polar surface area (TPSA) is 128 Å². The molecule has 0 radical (unpaired) electrons. The van der Waals surface area contributed by atoms with Gasteiger partial charge in [0.15, 0.2) is 11.5 Å². The first-order valence-corrected chi connectivity index (χ1v) is 12.4. The number of nitro benzene ring substituents is 1. The van der Waals surface area contributed by atoms with Gasteiger partial charge in [0.2, 0.25) is 5.75 Å². The molecule has 1 aromatic rings. The number of rotatable bonds is 6. The number of benzene rings is 1. The van der Waals surface area contributed by atoms with Gasteiger partial charge in [-0.2, -0.15) is 0 Å². The number of ether oxygens (including phenoxy) is 2. The first-order chi connectivity index (χ1) is 16.8. The van der Waals surface area contributed by atoms with Crippen LogP contribution in [0.1, 0.15) is 83.1 Å². The molecule has 1 aliphatic heterocycles. The second-order valence-electron chi connectivity index (χ2n) is 9.36. The highest BCUT2D eigenvalue weighted by atomic mass is 16.6. The van der Waals surface area contributed by atoms with Crippen LogP contribution >= 0.6 is 0 Å². The molecule has 9 nitrogen and oxygen atoms in total. The largest absolute Gasteiger partial charge is 0.500 e. The van der Waals surface area contributed by atoms with Gasteiger partial charge in [-0.1, -0.05) is 12.8 Å². The van der Waals surface area contributed by atoms with E-state index < -0.39 is 28.2 Å². The average Bonchev–Trinajstić information content (AvgIpc) is 3.08. The number of hydrogen-bond donors (Lipinski definition) is 2. The van der Waals surface area contributed by atoms with E-state index in [2.05, 4.69) is 5.32 Å². The number of nitro groups is 1. The number of ketones is 1. The minimum atomic E-state index is -0.851. The summed E-state index contributed by atoms with van der Waals surface area (Å²) in [6.45, 7) is 3.64. The maximum atomic E-state index is 13.6. The fourth-order valence-corrected chi connectivity index (χ4v) is 5.35. The molecule has 0 spiro atoms. The molecule has 0 saturated heterocycles. The van der Waals surface area contributed by atoms with E-state index in [1.54, 1.807) is 13.8 Å². The molecular weight excluding hydrogens is 452 g/mol. The molecule has 0 bridgehead atoms. The van der Waals surface area contributed by atoms with Crippen molar-refractivity contribution < 1.29 is 29.1 Å². The summed E-state index contributed by atoms with van der Waals surface area (Å²) in [4.78, 5) is 37.8. The van der Waals surface area contributed by atoms with Crippen LogP contribution in [0.5, 0.6) is 11.5 Å². The van der Waals surface area contributed by atoms with E-state index in [0.717, 1.165) is 44.2 Å².